The fraction of sp³-hybridized carbons (Fsp3) is 0.308. The topological polar surface area (TPSA) is 78.9 Å². The summed E-state index contributed by atoms with van der Waals surface area (Å²) in [5.74, 6) is -2.14. The number of fused-ring (bicyclic) bond motifs is 2. The van der Waals surface area contributed by atoms with Gasteiger partial charge in [-0.2, -0.15) is 0 Å². The summed E-state index contributed by atoms with van der Waals surface area (Å²) in [5.41, 5.74) is 0.123. The van der Waals surface area contributed by atoms with Crippen LogP contribution in [0.4, 0.5) is 0 Å². The number of rotatable bonds is 1. The van der Waals surface area contributed by atoms with Crippen molar-refractivity contribution in [1.29, 1.82) is 0 Å². The maximum Gasteiger partial charge on any atom is 0.233 e. The molecule has 19 heavy (non-hydrogen) atoms. The van der Waals surface area contributed by atoms with Gasteiger partial charge < -0.3 is 14.2 Å². The number of carbonyl (C=O) groups is 3. The highest BCUT2D eigenvalue weighted by molar-refractivity contribution is 6.52. The molecule has 1 aliphatic carbocycles. The van der Waals surface area contributed by atoms with E-state index in [1.807, 2.05) is 0 Å². The molecule has 0 N–H and O–H groups in total. The van der Waals surface area contributed by atoms with E-state index in [2.05, 4.69) is 0 Å². The van der Waals surface area contributed by atoms with Crippen LogP contribution in [0.2, 0.25) is 0 Å². The maximum atomic E-state index is 12.1. The third kappa shape index (κ3) is 1.39. The smallest absolute Gasteiger partial charge is 0.233 e. The average Bonchev–Trinajstić information content (AvgIpc) is 2.88. The minimum absolute atomic E-state index is 0.0134. The van der Waals surface area contributed by atoms with Crippen molar-refractivity contribution in [2.75, 3.05) is 13.9 Å². The molecule has 2 aliphatic rings. The summed E-state index contributed by atoms with van der Waals surface area (Å²) >= 11 is 0. The van der Waals surface area contributed by atoms with Crippen molar-refractivity contribution in [2.24, 2.45) is 5.92 Å². The Bertz CT molecular complexity index is 631. The molecule has 0 saturated heterocycles. The van der Waals surface area contributed by atoms with Gasteiger partial charge in [0.25, 0.3) is 0 Å². The first-order valence-corrected chi connectivity index (χ1v) is 5.69. The standard InChI is InChI=1S/C13H10O6/c1-5-9(14)6-3-7-12(19-4-18-7)13(17-2)8(6)11(16)10(5)15/h3,5H,4H2,1-2H3. The van der Waals surface area contributed by atoms with E-state index < -0.39 is 23.3 Å². The number of benzene rings is 1. The highest BCUT2D eigenvalue weighted by Gasteiger charge is 2.42. The molecule has 1 heterocycles. The van der Waals surface area contributed by atoms with E-state index in [0.717, 1.165) is 0 Å². The second kappa shape index (κ2) is 3.81. The lowest BCUT2D eigenvalue weighted by molar-refractivity contribution is -0.117. The van der Waals surface area contributed by atoms with Crippen molar-refractivity contribution in [3.63, 3.8) is 0 Å². The largest absolute Gasteiger partial charge is 0.492 e. The van der Waals surface area contributed by atoms with Crippen molar-refractivity contribution in [3.8, 4) is 17.2 Å². The molecule has 0 aromatic heterocycles. The molecule has 1 atom stereocenters. The van der Waals surface area contributed by atoms with Crippen molar-refractivity contribution in [3.05, 3.63) is 17.2 Å². The Morgan fingerprint density at radius 3 is 2.63 bits per heavy atom. The van der Waals surface area contributed by atoms with E-state index in [9.17, 15) is 14.4 Å². The molecular formula is C13H10O6. The second-order valence-corrected chi connectivity index (χ2v) is 4.35. The molecule has 0 amide bonds. The predicted molar refractivity (Wildman–Crippen MR) is 61.9 cm³/mol. The van der Waals surface area contributed by atoms with E-state index in [4.69, 9.17) is 14.2 Å². The first-order valence-electron chi connectivity index (χ1n) is 5.69. The first kappa shape index (κ1) is 11.7. The summed E-state index contributed by atoms with van der Waals surface area (Å²) in [6, 6.07) is 1.43. The SMILES string of the molecule is COc1c2c(cc3c1C(=O)C(=O)C(C)C3=O)OCO2. The van der Waals surface area contributed by atoms with Crippen molar-refractivity contribution in [2.45, 2.75) is 6.92 Å². The molecule has 6 nitrogen and oxygen atoms in total. The van der Waals surface area contributed by atoms with Gasteiger partial charge in [0.05, 0.1) is 18.6 Å². The molecular weight excluding hydrogens is 252 g/mol. The van der Waals surface area contributed by atoms with Gasteiger partial charge in [0.2, 0.25) is 24.1 Å². The number of hydrogen-bond acceptors (Lipinski definition) is 6. The lowest BCUT2D eigenvalue weighted by Gasteiger charge is -2.20. The Morgan fingerprint density at radius 1 is 1.21 bits per heavy atom. The summed E-state index contributed by atoms with van der Waals surface area (Å²) < 4.78 is 15.5. The van der Waals surface area contributed by atoms with Crippen LogP contribution in [0.25, 0.3) is 0 Å². The van der Waals surface area contributed by atoms with Gasteiger partial charge in [-0.15, -0.1) is 0 Å². The van der Waals surface area contributed by atoms with Gasteiger partial charge in [-0.05, 0) is 13.0 Å². The zero-order valence-corrected chi connectivity index (χ0v) is 10.3. The molecule has 1 aliphatic heterocycles. The van der Waals surface area contributed by atoms with Gasteiger partial charge in [-0.1, -0.05) is 0 Å². The third-order valence-electron chi connectivity index (χ3n) is 3.33. The molecule has 1 aromatic rings. The maximum absolute atomic E-state index is 12.1. The zero-order valence-electron chi connectivity index (χ0n) is 10.3. The number of ether oxygens (including phenoxy) is 3. The van der Waals surface area contributed by atoms with Crippen molar-refractivity contribution in [1.82, 2.24) is 0 Å². The summed E-state index contributed by atoms with van der Waals surface area (Å²) in [6.45, 7) is 1.41. The number of ketones is 3. The molecule has 0 saturated carbocycles. The second-order valence-electron chi connectivity index (χ2n) is 4.35. The highest BCUT2D eigenvalue weighted by Crippen LogP contribution is 2.46. The molecule has 0 spiro atoms. The van der Waals surface area contributed by atoms with Gasteiger partial charge in [0.15, 0.2) is 17.3 Å². The lowest BCUT2D eigenvalue weighted by atomic mass is 9.81. The number of Topliss-reactive ketones (excluding diaryl/α,β-unsaturated/α-hetero) is 3. The summed E-state index contributed by atoms with van der Waals surface area (Å²) in [5, 5.41) is 0. The Morgan fingerprint density at radius 2 is 1.95 bits per heavy atom. The third-order valence-corrected chi connectivity index (χ3v) is 3.33. The van der Waals surface area contributed by atoms with Crippen LogP contribution in [0.15, 0.2) is 6.07 Å². The molecule has 0 fully saturated rings. The van der Waals surface area contributed by atoms with Crippen LogP contribution in [0.3, 0.4) is 0 Å². The van der Waals surface area contributed by atoms with Gasteiger partial charge in [0.1, 0.15) is 0 Å². The fourth-order valence-electron chi connectivity index (χ4n) is 2.30. The monoisotopic (exact) mass is 262 g/mol. The summed E-state index contributed by atoms with van der Waals surface area (Å²) in [6.07, 6.45) is 0. The Balaban J connectivity index is 2.34. The first-order chi connectivity index (χ1) is 9.06. The van der Waals surface area contributed by atoms with Crippen molar-refractivity contribution >= 4 is 17.3 Å². The van der Waals surface area contributed by atoms with Crippen LogP contribution in [-0.4, -0.2) is 31.3 Å². The Labute approximate surface area is 108 Å². The van der Waals surface area contributed by atoms with Crippen LogP contribution in [0.1, 0.15) is 27.6 Å². The Kier molecular flexibility index (Phi) is 2.35. The van der Waals surface area contributed by atoms with E-state index >= 15 is 0 Å². The fourth-order valence-corrected chi connectivity index (χ4v) is 2.30. The summed E-state index contributed by atoms with van der Waals surface area (Å²) in [4.78, 5) is 36.0. The molecule has 0 bridgehead atoms. The molecule has 1 aromatic carbocycles. The molecule has 98 valence electrons. The molecule has 0 radical (unpaired) electrons. The van der Waals surface area contributed by atoms with Crippen LogP contribution in [0, 0.1) is 5.92 Å². The van der Waals surface area contributed by atoms with Gasteiger partial charge in [-0.25, -0.2) is 0 Å². The van der Waals surface area contributed by atoms with E-state index in [0.29, 0.717) is 5.75 Å². The van der Waals surface area contributed by atoms with Crippen LogP contribution < -0.4 is 14.2 Å². The van der Waals surface area contributed by atoms with E-state index in [1.54, 1.807) is 0 Å². The number of hydrogen-bond donors (Lipinski definition) is 0. The number of methoxy groups -OCH3 is 1. The van der Waals surface area contributed by atoms with Gasteiger partial charge in [-0.3, -0.25) is 14.4 Å². The highest BCUT2D eigenvalue weighted by atomic mass is 16.7. The normalized spacial score (nSPS) is 20.5. The minimum Gasteiger partial charge on any atom is -0.492 e. The minimum atomic E-state index is -0.968. The zero-order chi connectivity index (χ0) is 13.7. The van der Waals surface area contributed by atoms with E-state index in [-0.39, 0.29) is 29.4 Å². The van der Waals surface area contributed by atoms with Gasteiger partial charge in [0, 0.05) is 5.56 Å². The molecule has 3 rings (SSSR count). The Hall–Kier alpha value is -2.37. The van der Waals surface area contributed by atoms with Crippen LogP contribution >= 0.6 is 0 Å². The van der Waals surface area contributed by atoms with Crippen LogP contribution in [0.5, 0.6) is 17.2 Å². The molecule has 1 unspecified atom stereocenters. The van der Waals surface area contributed by atoms with Gasteiger partial charge >= 0.3 is 0 Å². The number of carbonyl (C=O) groups excluding carboxylic acids is 3. The van der Waals surface area contributed by atoms with Crippen LogP contribution in [-0.2, 0) is 4.79 Å². The average molecular weight is 262 g/mol. The quantitative estimate of drug-likeness (QED) is 0.555. The molecule has 6 heteroatoms. The predicted octanol–water partition coefficient (Wildman–Crippen LogP) is 1.01. The summed E-state index contributed by atoms with van der Waals surface area (Å²) in [7, 11) is 1.35. The van der Waals surface area contributed by atoms with Crippen molar-refractivity contribution < 1.29 is 28.6 Å². The van der Waals surface area contributed by atoms with E-state index in [1.165, 1.54) is 20.1 Å². The lowest BCUT2D eigenvalue weighted by Crippen LogP contribution is -2.35.